The molecule has 3 atom stereocenters. The van der Waals surface area contributed by atoms with Gasteiger partial charge in [-0.3, -0.25) is 0 Å². The molecule has 112 valence electrons. The zero-order valence-corrected chi connectivity index (χ0v) is 13.0. The van der Waals surface area contributed by atoms with E-state index in [-0.39, 0.29) is 17.7 Å². The van der Waals surface area contributed by atoms with E-state index in [9.17, 15) is 5.11 Å². The van der Waals surface area contributed by atoms with E-state index in [2.05, 4.69) is 32.7 Å². The number of aliphatic hydroxyl groups excluding tert-OH is 1. The van der Waals surface area contributed by atoms with E-state index in [4.69, 9.17) is 4.74 Å². The minimum Gasteiger partial charge on any atom is -0.388 e. The van der Waals surface area contributed by atoms with Gasteiger partial charge in [0.2, 0.25) is 0 Å². The molecule has 0 unspecified atom stereocenters. The van der Waals surface area contributed by atoms with Gasteiger partial charge in [-0.05, 0) is 46.2 Å². The molecule has 1 saturated heterocycles. The molecular formula is C17H27NO2. The van der Waals surface area contributed by atoms with Crippen LogP contribution in [-0.4, -0.2) is 41.3 Å². The van der Waals surface area contributed by atoms with Crippen LogP contribution in [0.25, 0.3) is 0 Å². The smallest absolute Gasteiger partial charge is 0.0806 e. The maximum atomic E-state index is 10.4. The molecule has 0 radical (unpaired) electrons. The molecule has 0 spiro atoms. The molecule has 0 saturated carbocycles. The number of nitrogens with zero attached hydrogens (tertiary/aromatic N) is 1. The molecule has 0 bridgehead atoms. The van der Waals surface area contributed by atoms with Gasteiger partial charge in [0.15, 0.2) is 0 Å². The molecule has 1 heterocycles. The van der Waals surface area contributed by atoms with Gasteiger partial charge in [-0.25, -0.2) is 0 Å². The van der Waals surface area contributed by atoms with Crippen molar-refractivity contribution in [3.63, 3.8) is 0 Å². The van der Waals surface area contributed by atoms with Crippen LogP contribution in [0.15, 0.2) is 30.3 Å². The summed E-state index contributed by atoms with van der Waals surface area (Å²) in [5.41, 5.74) is 0.855. The van der Waals surface area contributed by atoms with Crippen molar-refractivity contribution >= 4 is 0 Å². The first kappa shape index (κ1) is 15.5. The molecule has 0 aromatic heterocycles. The second-order valence-corrected chi connectivity index (χ2v) is 6.77. The highest BCUT2D eigenvalue weighted by Crippen LogP contribution is 2.30. The number of hydrogen-bond donors (Lipinski definition) is 1. The van der Waals surface area contributed by atoms with Crippen molar-refractivity contribution in [1.29, 1.82) is 0 Å². The number of hydrogen-bond acceptors (Lipinski definition) is 3. The molecule has 1 aliphatic rings. The summed E-state index contributed by atoms with van der Waals surface area (Å²) in [6.45, 7) is 7.31. The fourth-order valence-corrected chi connectivity index (χ4v) is 2.94. The first-order valence-corrected chi connectivity index (χ1v) is 7.48. The Bertz CT molecular complexity index is 413. The molecule has 1 aromatic rings. The number of likely N-dealkylation sites (N-methyl/N-ethyl adjacent to an activating group) is 1. The lowest BCUT2D eigenvalue weighted by Crippen LogP contribution is -2.39. The summed E-state index contributed by atoms with van der Waals surface area (Å²) in [7, 11) is 2.12. The van der Waals surface area contributed by atoms with Crippen molar-refractivity contribution < 1.29 is 9.84 Å². The minimum atomic E-state index is -0.423. The molecule has 2 rings (SSSR count). The van der Waals surface area contributed by atoms with Crippen molar-refractivity contribution in [2.75, 3.05) is 13.6 Å². The standard InChI is InChI=1S/C17H27NO2/c1-17(2,3)20-16-10-11-18(4)14(16)12-15(19)13-8-6-5-7-9-13/h5-9,14-16,19H,10-12H2,1-4H3/t14-,15-,16+/m1/s1. The number of ether oxygens (including phenoxy) is 1. The average Bonchev–Trinajstić information content (AvgIpc) is 2.70. The van der Waals surface area contributed by atoms with Crippen molar-refractivity contribution in [3.05, 3.63) is 35.9 Å². The Labute approximate surface area is 122 Å². The van der Waals surface area contributed by atoms with Crippen molar-refractivity contribution in [3.8, 4) is 0 Å². The lowest BCUT2D eigenvalue weighted by Gasteiger charge is -2.32. The van der Waals surface area contributed by atoms with Gasteiger partial charge in [0.1, 0.15) is 0 Å². The molecule has 3 nitrogen and oxygen atoms in total. The summed E-state index contributed by atoms with van der Waals surface area (Å²) in [5, 5.41) is 10.4. The topological polar surface area (TPSA) is 32.7 Å². The fourth-order valence-electron chi connectivity index (χ4n) is 2.94. The van der Waals surface area contributed by atoms with Gasteiger partial charge in [0.25, 0.3) is 0 Å². The van der Waals surface area contributed by atoms with Crippen LogP contribution >= 0.6 is 0 Å². The monoisotopic (exact) mass is 277 g/mol. The van der Waals surface area contributed by atoms with E-state index in [1.807, 2.05) is 30.3 Å². The van der Waals surface area contributed by atoms with Crippen LogP contribution in [0.2, 0.25) is 0 Å². The number of likely N-dealkylation sites (tertiary alicyclic amines) is 1. The summed E-state index contributed by atoms with van der Waals surface area (Å²) < 4.78 is 6.17. The fraction of sp³-hybridized carbons (Fsp3) is 0.647. The Hall–Kier alpha value is -0.900. The largest absolute Gasteiger partial charge is 0.388 e. The molecule has 1 aromatic carbocycles. The summed E-state index contributed by atoms with van der Waals surface area (Å²) in [6.07, 6.45) is 1.55. The number of aliphatic hydroxyl groups is 1. The maximum absolute atomic E-state index is 10.4. The number of benzene rings is 1. The SMILES string of the molecule is CN1CC[C@H](OC(C)(C)C)[C@H]1C[C@@H](O)c1ccccc1. The normalized spacial score (nSPS) is 25.9. The van der Waals surface area contributed by atoms with Crippen LogP contribution in [0.3, 0.4) is 0 Å². The predicted molar refractivity (Wildman–Crippen MR) is 81.7 cm³/mol. The Balaban J connectivity index is 2.02. The highest BCUT2D eigenvalue weighted by Gasteiger charge is 2.36. The van der Waals surface area contributed by atoms with Crippen LogP contribution in [0.1, 0.15) is 45.3 Å². The van der Waals surface area contributed by atoms with E-state index in [0.29, 0.717) is 0 Å². The molecule has 3 heteroatoms. The van der Waals surface area contributed by atoms with Crippen molar-refractivity contribution in [2.24, 2.45) is 0 Å². The third-order valence-electron chi connectivity index (χ3n) is 3.92. The van der Waals surface area contributed by atoms with Gasteiger partial charge in [-0.15, -0.1) is 0 Å². The lowest BCUT2D eigenvalue weighted by molar-refractivity contribution is -0.0769. The van der Waals surface area contributed by atoms with Crippen LogP contribution in [-0.2, 0) is 4.74 Å². The Morgan fingerprint density at radius 2 is 1.95 bits per heavy atom. The Kier molecular flexibility index (Phi) is 4.84. The van der Waals surface area contributed by atoms with Crippen LogP contribution in [0, 0.1) is 0 Å². The van der Waals surface area contributed by atoms with Gasteiger partial charge in [0.05, 0.1) is 17.8 Å². The first-order valence-electron chi connectivity index (χ1n) is 7.48. The molecular weight excluding hydrogens is 250 g/mol. The van der Waals surface area contributed by atoms with Crippen LogP contribution in [0.5, 0.6) is 0 Å². The molecule has 1 N–H and O–H groups in total. The average molecular weight is 277 g/mol. The zero-order valence-electron chi connectivity index (χ0n) is 13.0. The van der Waals surface area contributed by atoms with Crippen molar-refractivity contribution in [1.82, 2.24) is 4.90 Å². The predicted octanol–water partition coefficient (Wildman–Crippen LogP) is 3.00. The quantitative estimate of drug-likeness (QED) is 0.918. The van der Waals surface area contributed by atoms with E-state index < -0.39 is 6.10 Å². The molecule has 20 heavy (non-hydrogen) atoms. The second-order valence-electron chi connectivity index (χ2n) is 6.77. The van der Waals surface area contributed by atoms with Crippen LogP contribution in [0.4, 0.5) is 0 Å². The summed E-state index contributed by atoms with van der Waals surface area (Å²) in [6, 6.07) is 10.2. The van der Waals surface area contributed by atoms with E-state index >= 15 is 0 Å². The molecule has 0 aliphatic carbocycles. The van der Waals surface area contributed by atoms with E-state index in [1.165, 1.54) is 0 Å². The highest BCUT2D eigenvalue weighted by atomic mass is 16.5. The maximum Gasteiger partial charge on any atom is 0.0806 e. The summed E-state index contributed by atoms with van der Waals surface area (Å²) >= 11 is 0. The highest BCUT2D eigenvalue weighted by molar-refractivity contribution is 5.17. The molecule has 0 amide bonds. The third kappa shape index (κ3) is 4.05. The van der Waals surface area contributed by atoms with Gasteiger partial charge in [-0.1, -0.05) is 30.3 Å². The van der Waals surface area contributed by atoms with Crippen LogP contribution < -0.4 is 0 Å². The third-order valence-corrected chi connectivity index (χ3v) is 3.92. The minimum absolute atomic E-state index is 0.133. The Morgan fingerprint density at radius 1 is 1.30 bits per heavy atom. The van der Waals surface area contributed by atoms with E-state index in [1.54, 1.807) is 0 Å². The Morgan fingerprint density at radius 3 is 2.55 bits per heavy atom. The second kappa shape index (κ2) is 6.25. The van der Waals surface area contributed by atoms with Gasteiger partial charge < -0.3 is 14.7 Å². The van der Waals surface area contributed by atoms with Crippen molar-refractivity contribution in [2.45, 2.75) is 57.5 Å². The van der Waals surface area contributed by atoms with E-state index in [0.717, 1.165) is 24.9 Å². The lowest BCUT2D eigenvalue weighted by atomic mass is 9.98. The zero-order chi connectivity index (χ0) is 14.8. The summed E-state index contributed by atoms with van der Waals surface area (Å²) in [4.78, 5) is 2.31. The van der Waals surface area contributed by atoms with Gasteiger partial charge in [-0.2, -0.15) is 0 Å². The number of rotatable bonds is 4. The summed E-state index contributed by atoms with van der Waals surface area (Å²) in [5.74, 6) is 0. The molecule has 1 fully saturated rings. The van der Waals surface area contributed by atoms with Gasteiger partial charge >= 0.3 is 0 Å². The molecule has 1 aliphatic heterocycles. The first-order chi connectivity index (χ1) is 9.37. The van der Waals surface area contributed by atoms with Gasteiger partial charge in [0, 0.05) is 12.6 Å².